The summed E-state index contributed by atoms with van der Waals surface area (Å²) in [5.74, 6) is -0.652. The average Bonchev–Trinajstić information content (AvgIpc) is 2.42. The second kappa shape index (κ2) is 6.06. The molecule has 0 aliphatic heterocycles. The lowest BCUT2D eigenvalue weighted by Gasteiger charge is -2.06. The number of hydrogen-bond acceptors (Lipinski definition) is 3. The van der Waals surface area contributed by atoms with Crippen LogP contribution in [0.15, 0.2) is 42.6 Å². The summed E-state index contributed by atoms with van der Waals surface area (Å²) in [7, 11) is 0. The Morgan fingerprint density at radius 1 is 1.26 bits per heavy atom. The number of rotatable bonds is 4. The highest BCUT2D eigenvalue weighted by atomic mass is 19.1. The van der Waals surface area contributed by atoms with Gasteiger partial charge in [0.1, 0.15) is 5.82 Å². The fourth-order valence-corrected chi connectivity index (χ4v) is 1.61. The van der Waals surface area contributed by atoms with Gasteiger partial charge in [0.25, 0.3) is 5.91 Å². The van der Waals surface area contributed by atoms with E-state index in [4.69, 9.17) is 5.11 Å². The minimum Gasteiger partial charge on any atom is -0.396 e. The number of anilines is 1. The molecule has 0 unspecified atom stereocenters. The van der Waals surface area contributed by atoms with Gasteiger partial charge in [-0.25, -0.2) is 4.39 Å². The lowest BCUT2D eigenvalue weighted by molar-refractivity contribution is 0.102. The number of aliphatic hydroxyl groups is 1. The highest BCUT2D eigenvalue weighted by Crippen LogP contribution is 2.11. The van der Waals surface area contributed by atoms with Crippen LogP contribution in [0.4, 0.5) is 10.1 Å². The van der Waals surface area contributed by atoms with E-state index in [2.05, 4.69) is 10.3 Å². The molecule has 0 fully saturated rings. The number of pyridine rings is 1. The van der Waals surface area contributed by atoms with Gasteiger partial charge in [-0.05, 0) is 36.4 Å². The number of benzene rings is 1. The Hall–Kier alpha value is -2.27. The molecule has 2 N–H and O–H groups in total. The Morgan fingerprint density at radius 3 is 2.68 bits per heavy atom. The van der Waals surface area contributed by atoms with E-state index in [1.54, 1.807) is 12.1 Å². The van der Waals surface area contributed by atoms with Gasteiger partial charge in [0.15, 0.2) is 0 Å². The zero-order valence-electron chi connectivity index (χ0n) is 10.1. The summed E-state index contributed by atoms with van der Waals surface area (Å²) >= 11 is 0. The number of hydrogen-bond donors (Lipinski definition) is 2. The van der Waals surface area contributed by atoms with Gasteiger partial charge in [0.2, 0.25) is 0 Å². The van der Waals surface area contributed by atoms with Crippen molar-refractivity contribution in [2.24, 2.45) is 0 Å². The van der Waals surface area contributed by atoms with E-state index in [0.29, 0.717) is 23.4 Å². The SMILES string of the molecule is O=C(Nc1ccc(F)cc1)c1ccnc(CCO)c1. The van der Waals surface area contributed by atoms with E-state index in [1.807, 2.05) is 0 Å². The molecule has 0 aliphatic rings. The van der Waals surface area contributed by atoms with Gasteiger partial charge in [-0.2, -0.15) is 0 Å². The van der Waals surface area contributed by atoms with Crippen LogP contribution in [0.1, 0.15) is 16.1 Å². The third-order valence-electron chi connectivity index (χ3n) is 2.55. The number of aromatic nitrogens is 1. The summed E-state index contributed by atoms with van der Waals surface area (Å²) < 4.78 is 12.7. The van der Waals surface area contributed by atoms with Crippen LogP contribution < -0.4 is 5.32 Å². The van der Waals surface area contributed by atoms with Gasteiger partial charge in [0.05, 0.1) is 0 Å². The molecule has 2 aromatic rings. The summed E-state index contributed by atoms with van der Waals surface area (Å²) in [6.07, 6.45) is 1.92. The minimum atomic E-state index is -0.354. The molecule has 1 aromatic carbocycles. The third-order valence-corrected chi connectivity index (χ3v) is 2.55. The summed E-state index contributed by atoms with van der Waals surface area (Å²) in [5.41, 5.74) is 1.61. The lowest BCUT2D eigenvalue weighted by atomic mass is 10.2. The molecule has 98 valence electrons. The van der Waals surface area contributed by atoms with Gasteiger partial charge in [-0.3, -0.25) is 9.78 Å². The normalized spacial score (nSPS) is 10.2. The first-order chi connectivity index (χ1) is 9.19. The second-order valence-corrected chi connectivity index (χ2v) is 3.97. The number of aliphatic hydroxyl groups excluding tert-OH is 1. The summed E-state index contributed by atoms with van der Waals surface area (Å²) in [4.78, 5) is 16.0. The molecule has 2 rings (SSSR count). The molecular formula is C14H13FN2O2. The summed E-state index contributed by atoms with van der Waals surface area (Å²) in [6.45, 7) is -0.0178. The van der Waals surface area contributed by atoms with E-state index in [9.17, 15) is 9.18 Å². The van der Waals surface area contributed by atoms with E-state index < -0.39 is 0 Å². The van der Waals surface area contributed by atoms with Gasteiger partial charge < -0.3 is 10.4 Å². The van der Waals surface area contributed by atoms with Gasteiger partial charge in [-0.15, -0.1) is 0 Å². The first kappa shape index (κ1) is 13.2. The monoisotopic (exact) mass is 260 g/mol. The second-order valence-electron chi connectivity index (χ2n) is 3.97. The van der Waals surface area contributed by atoms with E-state index in [-0.39, 0.29) is 18.3 Å². The Labute approximate surface area is 109 Å². The first-order valence-corrected chi connectivity index (χ1v) is 5.82. The molecule has 0 bridgehead atoms. The minimum absolute atomic E-state index is 0.0178. The molecule has 1 heterocycles. The highest BCUT2D eigenvalue weighted by Gasteiger charge is 2.07. The number of halogens is 1. The van der Waals surface area contributed by atoms with Crippen molar-refractivity contribution in [3.05, 3.63) is 59.7 Å². The quantitative estimate of drug-likeness (QED) is 0.884. The van der Waals surface area contributed by atoms with Crippen LogP contribution >= 0.6 is 0 Å². The molecule has 1 amide bonds. The van der Waals surface area contributed by atoms with Crippen molar-refractivity contribution < 1.29 is 14.3 Å². The topological polar surface area (TPSA) is 62.2 Å². The van der Waals surface area contributed by atoms with Crippen LogP contribution in [0.25, 0.3) is 0 Å². The predicted molar refractivity (Wildman–Crippen MR) is 69.4 cm³/mol. The average molecular weight is 260 g/mol. The standard InChI is InChI=1S/C14H13FN2O2/c15-11-1-3-12(4-2-11)17-14(19)10-5-7-16-13(9-10)6-8-18/h1-5,7,9,18H,6,8H2,(H,17,19). The number of amides is 1. The molecule has 1 aromatic heterocycles. The van der Waals surface area contributed by atoms with Crippen molar-refractivity contribution >= 4 is 11.6 Å². The molecule has 19 heavy (non-hydrogen) atoms. The fraction of sp³-hybridized carbons (Fsp3) is 0.143. The molecule has 0 saturated carbocycles. The van der Waals surface area contributed by atoms with Crippen molar-refractivity contribution in [2.45, 2.75) is 6.42 Å². The molecule has 0 saturated heterocycles. The molecular weight excluding hydrogens is 247 g/mol. The molecule has 4 nitrogen and oxygen atoms in total. The van der Waals surface area contributed by atoms with E-state index in [0.717, 1.165) is 0 Å². The van der Waals surface area contributed by atoms with Crippen LogP contribution in [0.5, 0.6) is 0 Å². The Balaban J connectivity index is 2.11. The largest absolute Gasteiger partial charge is 0.396 e. The maximum atomic E-state index is 12.7. The lowest BCUT2D eigenvalue weighted by Crippen LogP contribution is -2.12. The van der Waals surface area contributed by atoms with Crippen molar-refractivity contribution in [1.29, 1.82) is 0 Å². The van der Waals surface area contributed by atoms with Crippen LogP contribution in [0.3, 0.4) is 0 Å². The van der Waals surface area contributed by atoms with Crippen molar-refractivity contribution in [2.75, 3.05) is 11.9 Å². The molecule has 0 atom stereocenters. The number of nitrogens with zero attached hydrogens (tertiary/aromatic N) is 1. The maximum Gasteiger partial charge on any atom is 0.255 e. The van der Waals surface area contributed by atoms with Crippen LogP contribution in [0, 0.1) is 5.82 Å². The molecule has 0 aliphatic carbocycles. The summed E-state index contributed by atoms with van der Waals surface area (Å²) in [6, 6.07) is 8.74. The Bertz CT molecular complexity index is 570. The van der Waals surface area contributed by atoms with Crippen LogP contribution in [-0.4, -0.2) is 22.6 Å². The van der Waals surface area contributed by atoms with Crippen molar-refractivity contribution in [1.82, 2.24) is 4.98 Å². The zero-order valence-corrected chi connectivity index (χ0v) is 10.1. The van der Waals surface area contributed by atoms with Crippen molar-refractivity contribution in [3.63, 3.8) is 0 Å². The van der Waals surface area contributed by atoms with Gasteiger partial charge in [-0.1, -0.05) is 0 Å². The van der Waals surface area contributed by atoms with E-state index in [1.165, 1.54) is 30.5 Å². The molecule has 0 radical (unpaired) electrons. The number of carbonyl (C=O) groups is 1. The fourth-order valence-electron chi connectivity index (χ4n) is 1.61. The first-order valence-electron chi connectivity index (χ1n) is 5.82. The van der Waals surface area contributed by atoms with Gasteiger partial charge >= 0.3 is 0 Å². The highest BCUT2D eigenvalue weighted by molar-refractivity contribution is 6.04. The maximum absolute atomic E-state index is 12.7. The Morgan fingerprint density at radius 2 is 2.00 bits per heavy atom. The summed E-state index contributed by atoms with van der Waals surface area (Å²) in [5, 5.41) is 11.5. The van der Waals surface area contributed by atoms with Gasteiger partial charge in [0, 0.05) is 36.2 Å². The Kier molecular flexibility index (Phi) is 4.20. The molecule has 0 spiro atoms. The molecule has 5 heteroatoms. The number of carbonyl (C=O) groups excluding carboxylic acids is 1. The van der Waals surface area contributed by atoms with Crippen LogP contribution in [0.2, 0.25) is 0 Å². The van der Waals surface area contributed by atoms with E-state index >= 15 is 0 Å². The predicted octanol–water partition coefficient (Wildman–Crippen LogP) is 2.01. The third kappa shape index (κ3) is 3.59. The van der Waals surface area contributed by atoms with Crippen molar-refractivity contribution in [3.8, 4) is 0 Å². The van der Waals surface area contributed by atoms with Crippen LogP contribution in [-0.2, 0) is 6.42 Å². The number of nitrogens with one attached hydrogen (secondary N) is 1. The smallest absolute Gasteiger partial charge is 0.255 e. The zero-order chi connectivity index (χ0) is 13.7.